The van der Waals surface area contributed by atoms with Gasteiger partial charge >= 0.3 is 0 Å². The van der Waals surface area contributed by atoms with Crippen molar-refractivity contribution in [1.82, 2.24) is 14.8 Å². The van der Waals surface area contributed by atoms with Gasteiger partial charge in [0.15, 0.2) is 0 Å². The minimum Gasteiger partial charge on any atom is -0.492 e. The fourth-order valence-electron chi connectivity index (χ4n) is 4.60. The zero-order chi connectivity index (χ0) is 29.6. The minimum atomic E-state index is -0.531. The highest BCUT2D eigenvalue weighted by atomic mass is 35.5. The molecule has 0 fully saturated rings. The first-order valence-electron chi connectivity index (χ1n) is 13.7. The number of hydrogen-bond donors (Lipinski definition) is 2. The second-order valence-electron chi connectivity index (χ2n) is 9.52. The van der Waals surface area contributed by atoms with Gasteiger partial charge in [-0.1, -0.05) is 72.2 Å². The molecule has 0 bridgehead atoms. The number of thioether (sulfide) groups is 1. The Morgan fingerprint density at radius 1 is 1.02 bits per heavy atom. The number of para-hydroxylation sites is 2. The van der Waals surface area contributed by atoms with Gasteiger partial charge in [0.2, 0.25) is 11.1 Å². The van der Waals surface area contributed by atoms with Crippen molar-refractivity contribution in [3.63, 3.8) is 0 Å². The lowest BCUT2D eigenvalue weighted by atomic mass is 9.95. The van der Waals surface area contributed by atoms with Crippen LogP contribution < -0.4 is 20.1 Å². The average molecular weight is 625 g/mol. The molecule has 1 aromatic heterocycles. The van der Waals surface area contributed by atoms with Crippen molar-refractivity contribution < 1.29 is 14.3 Å². The van der Waals surface area contributed by atoms with Gasteiger partial charge in [-0.3, -0.25) is 4.79 Å². The van der Waals surface area contributed by atoms with Gasteiger partial charge in [0.1, 0.15) is 24.1 Å². The first-order valence-corrected chi connectivity index (χ1v) is 15.4. The lowest BCUT2D eigenvalue weighted by Crippen LogP contribution is -2.31. The predicted octanol–water partition coefficient (Wildman–Crippen LogP) is 7.99. The summed E-state index contributed by atoms with van der Waals surface area (Å²) in [6.45, 7) is 6.60. The van der Waals surface area contributed by atoms with Crippen LogP contribution >= 0.6 is 35.0 Å². The average Bonchev–Trinajstić information content (AvgIpc) is 3.39. The number of ether oxygens (including phenoxy) is 2. The standard InChI is InChI=1S/C31H31Cl2N5O3S/c1-4-17-42-31-36-30-34-19(3)27(29(39)35-25-11-6-7-12-26(25)40-5-2)28(38(30)37-31)20-13-15-21(16-14-20)41-18-22-23(32)9-8-10-24(22)33/h6-16,28H,4-5,17-18H2,1-3H3,(H,35,39)(H,34,36,37). The molecule has 0 spiro atoms. The molecule has 0 aliphatic carbocycles. The summed E-state index contributed by atoms with van der Waals surface area (Å²) in [5.41, 5.74) is 3.36. The van der Waals surface area contributed by atoms with E-state index in [2.05, 4.69) is 17.6 Å². The number of anilines is 2. The molecule has 0 radical (unpaired) electrons. The maximum atomic E-state index is 13.9. The lowest BCUT2D eigenvalue weighted by Gasteiger charge is -2.29. The highest BCUT2D eigenvalue weighted by Gasteiger charge is 2.34. The quantitative estimate of drug-likeness (QED) is 0.164. The summed E-state index contributed by atoms with van der Waals surface area (Å²) in [5.74, 6) is 2.44. The number of carbonyl (C=O) groups is 1. The van der Waals surface area contributed by atoms with E-state index in [0.717, 1.165) is 23.3 Å². The maximum Gasteiger partial charge on any atom is 0.255 e. The van der Waals surface area contributed by atoms with Crippen molar-refractivity contribution in [1.29, 1.82) is 0 Å². The Morgan fingerprint density at radius 2 is 1.76 bits per heavy atom. The van der Waals surface area contributed by atoms with Gasteiger partial charge in [-0.15, -0.1) is 5.10 Å². The number of carbonyl (C=O) groups excluding carboxylic acids is 1. The summed E-state index contributed by atoms with van der Waals surface area (Å²) in [6.07, 6.45) is 0.996. The SMILES string of the molecule is CCCSc1nc2n(n1)C(c1ccc(OCc3c(Cl)cccc3Cl)cc1)C(C(=O)Nc1ccccc1OCC)=C(C)N2. The fourth-order valence-corrected chi connectivity index (χ4v) is 5.79. The van der Waals surface area contributed by atoms with E-state index in [1.807, 2.05) is 62.4 Å². The Balaban J connectivity index is 1.46. The summed E-state index contributed by atoms with van der Waals surface area (Å²) in [7, 11) is 0. The molecule has 2 N–H and O–H groups in total. The van der Waals surface area contributed by atoms with E-state index in [1.54, 1.807) is 34.6 Å². The van der Waals surface area contributed by atoms with Crippen LogP contribution in [0.1, 0.15) is 44.4 Å². The summed E-state index contributed by atoms with van der Waals surface area (Å²) >= 11 is 14.2. The molecular formula is C31H31Cl2N5O3S. The Kier molecular flexibility index (Phi) is 9.62. The smallest absolute Gasteiger partial charge is 0.255 e. The number of halogens is 2. The summed E-state index contributed by atoms with van der Waals surface area (Å²) in [6, 6.07) is 19.8. The van der Waals surface area contributed by atoms with Gasteiger partial charge in [0.25, 0.3) is 5.91 Å². The molecule has 1 amide bonds. The van der Waals surface area contributed by atoms with E-state index in [9.17, 15) is 4.79 Å². The highest BCUT2D eigenvalue weighted by Crippen LogP contribution is 2.38. The molecule has 42 heavy (non-hydrogen) atoms. The number of nitrogens with zero attached hydrogens (tertiary/aromatic N) is 3. The number of rotatable bonds is 11. The highest BCUT2D eigenvalue weighted by molar-refractivity contribution is 7.99. The van der Waals surface area contributed by atoms with E-state index in [1.165, 1.54) is 0 Å². The molecule has 4 aromatic rings. The Morgan fingerprint density at radius 3 is 2.48 bits per heavy atom. The fraction of sp³-hybridized carbons (Fsp3) is 0.258. The van der Waals surface area contributed by atoms with Crippen molar-refractivity contribution >= 4 is 52.5 Å². The van der Waals surface area contributed by atoms with Gasteiger partial charge < -0.3 is 20.1 Å². The van der Waals surface area contributed by atoms with Crippen LogP contribution in [-0.2, 0) is 11.4 Å². The largest absolute Gasteiger partial charge is 0.492 e. The maximum absolute atomic E-state index is 13.9. The molecule has 218 valence electrons. The van der Waals surface area contributed by atoms with Gasteiger partial charge in [-0.2, -0.15) is 4.98 Å². The number of allylic oxidation sites excluding steroid dienone is 1. The molecule has 1 unspecified atom stereocenters. The van der Waals surface area contributed by atoms with Crippen molar-refractivity contribution in [2.24, 2.45) is 0 Å². The van der Waals surface area contributed by atoms with Crippen LogP contribution in [0.25, 0.3) is 0 Å². The van der Waals surface area contributed by atoms with Crippen molar-refractivity contribution in [2.75, 3.05) is 23.0 Å². The number of amides is 1. The predicted molar refractivity (Wildman–Crippen MR) is 169 cm³/mol. The second-order valence-corrected chi connectivity index (χ2v) is 11.4. The van der Waals surface area contributed by atoms with Gasteiger partial charge in [-0.05, 0) is 62.2 Å². The van der Waals surface area contributed by atoms with E-state index >= 15 is 0 Å². The van der Waals surface area contributed by atoms with E-state index in [-0.39, 0.29) is 12.5 Å². The molecule has 8 nitrogen and oxygen atoms in total. The first kappa shape index (κ1) is 29.8. The second kappa shape index (κ2) is 13.5. The van der Waals surface area contributed by atoms with Crippen LogP contribution in [0.2, 0.25) is 10.0 Å². The van der Waals surface area contributed by atoms with Crippen LogP contribution in [0.5, 0.6) is 11.5 Å². The number of hydrogen-bond acceptors (Lipinski definition) is 7. The molecule has 5 rings (SSSR count). The topological polar surface area (TPSA) is 90.3 Å². The Hall–Kier alpha value is -3.66. The lowest BCUT2D eigenvalue weighted by molar-refractivity contribution is -0.113. The molecule has 1 aliphatic rings. The Labute approximate surface area is 259 Å². The number of benzene rings is 3. The van der Waals surface area contributed by atoms with Crippen molar-refractivity contribution in [3.8, 4) is 11.5 Å². The van der Waals surface area contributed by atoms with Crippen LogP contribution in [0.4, 0.5) is 11.6 Å². The van der Waals surface area contributed by atoms with Gasteiger partial charge in [0, 0.05) is 27.1 Å². The van der Waals surface area contributed by atoms with E-state index in [0.29, 0.717) is 56.2 Å². The number of aromatic nitrogens is 3. The third-order valence-corrected chi connectivity index (χ3v) is 8.34. The van der Waals surface area contributed by atoms with Crippen LogP contribution in [-0.4, -0.2) is 33.0 Å². The van der Waals surface area contributed by atoms with Crippen molar-refractivity contribution in [3.05, 3.63) is 99.2 Å². The molecule has 11 heteroatoms. The summed E-state index contributed by atoms with van der Waals surface area (Å²) in [4.78, 5) is 18.6. The van der Waals surface area contributed by atoms with Crippen LogP contribution in [0.3, 0.4) is 0 Å². The number of fused-ring (bicyclic) bond motifs is 1. The van der Waals surface area contributed by atoms with Crippen LogP contribution in [0, 0.1) is 0 Å². The molecule has 1 aliphatic heterocycles. The minimum absolute atomic E-state index is 0.225. The molecule has 0 saturated heterocycles. The van der Waals surface area contributed by atoms with E-state index in [4.69, 9.17) is 42.8 Å². The monoisotopic (exact) mass is 623 g/mol. The molecule has 3 aromatic carbocycles. The normalized spacial score (nSPS) is 14.3. The molecular weight excluding hydrogens is 593 g/mol. The molecule has 2 heterocycles. The molecule has 0 saturated carbocycles. The van der Waals surface area contributed by atoms with Gasteiger partial charge in [0.05, 0.1) is 17.9 Å². The third-order valence-electron chi connectivity index (χ3n) is 6.59. The first-order chi connectivity index (χ1) is 20.4. The van der Waals surface area contributed by atoms with Gasteiger partial charge in [-0.25, -0.2) is 4.68 Å². The zero-order valence-electron chi connectivity index (χ0n) is 23.5. The van der Waals surface area contributed by atoms with Crippen LogP contribution in [0.15, 0.2) is 83.2 Å². The van der Waals surface area contributed by atoms with Crippen molar-refractivity contribution in [2.45, 2.75) is 45.0 Å². The number of nitrogens with one attached hydrogen (secondary N) is 2. The zero-order valence-corrected chi connectivity index (χ0v) is 25.8. The molecule has 1 atom stereocenters. The summed E-state index contributed by atoms with van der Waals surface area (Å²) < 4.78 is 13.5. The van der Waals surface area contributed by atoms with E-state index < -0.39 is 6.04 Å². The summed E-state index contributed by atoms with van der Waals surface area (Å²) in [5, 5.41) is 12.9. The Bertz CT molecular complexity index is 1590. The third kappa shape index (κ3) is 6.53.